The van der Waals surface area contributed by atoms with Gasteiger partial charge in [0.2, 0.25) is 0 Å². The second-order valence-corrected chi connectivity index (χ2v) is 3.62. The Morgan fingerprint density at radius 3 is 2.79 bits per heavy atom. The Hall–Kier alpha value is -0.640. The van der Waals surface area contributed by atoms with Crippen molar-refractivity contribution in [2.24, 2.45) is 5.73 Å². The Bertz CT molecular complexity index is 330. The molecule has 0 bridgehead atoms. The van der Waals surface area contributed by atoms with Crippen molar-refractivity contribution in [1.29, 1.82) is 0 Å². The van der Waals surface area contributed by atoms with E-state index in [1.165, 1.54) is 0 Å². The van der Waals surface area contributed by atoms with E-state index in [1.54, 1.807) is 19.1 Å². The molecule has 0 saturated heterocycles. The van der Waals surface area contributed by atoms with Crippen LogP contribution in [0.5, 0.6) is 0 Å². The molecule has 0 saturated carbocycles. The summed E-state index contributed by atoms with van der Waals surface area (Å²) >= 11 is 5.83. The van der Waals surface area contributed by atoms with Crippen molar-refractivity contribution in [3.05, 3.63) is 34.1 Å². The molecule has 0 aliphatic heterocycles. The smallest absolute Gasteiger partial charge is 0.132 e. The first-order chi connectivity index (χ1) is 6.57. The van der Waals surface area contributed by atoms with Crippen LogP contribution in [0.3, 0.4) is 0 Å². The molecule has 14 heavy (non-hydrogen) atoms. The predicted molar refractivity (Wildman–Crippen MR) is 54.8 cm³/mol. The first-order valence-corrected chi connectivity index (χ1v) is 4.76. The van der Waals surface area contributed by atoms with Crippen LogP contribution in [0.15, 0.2) is 12.1 Å². The van der Waals surface area contributed by atoms with Gasteiger partial charge in [-0.05, 0) is 25.0 Å². The van der Waals surface area contributed by atoms with Crippen molar-refractivity contribution in [2.45, 2.75) is 19.4 Å². The Labute approximate surface area is 87.5 Å². The molecule has 1 unspecified atom stereocenters. The molecular weight excluding hydrogens is 205 g/mol. The highest BCUT2D eigenvalue weighted by Gasteiger charge is 2.16. The minimum absolute atomic E-state index is 0.0785. The predicted octanol–water partition coefficient (Wildman–Crippen LogP) is 2.17. The van der Waals surface area contributed by atoms with Gasteiger partial charge in [-0.1, -0.05) is 17.7 Å². The van der Waals surface area contributed by atoms with Crippen LogP contribution < -0.4 is 5.73 Å². The van der Waals surface area contributed by atoms with Crippen LogP contribution in [0.4, 0.5) is 4.39 Å². The van der Waals surface area contributed by atoms with Gasteiger partial charge in [-0.3, -0.25) is 0 Å². The molecule has 0 fully saturated rings. The first-order valence-electron chi connectivity index (χ1n) is 4.39. The lowest BCUT2D eigenvalue weighted by Gasteiger charge is -2.14. The van der Waals surface area contributed by atoms with Crippen LogP contribution in [0, 0.1) is 12.7 Å². The van der Waals surface area contributed by atoms with Crippen LogP contribution in [0.2, 0.25) is 5.02 Å². The summed E-state index contributed by atoms with van der Waals surface area (Å²) in [6.45, 7) is 1.58. The summed E-state index contributed by atoms with van der Waals surface area (Å²) in [5.74, 6) is -0.376. The second-order valence-electron chi connectivity index (χ2n) is 3.21. The average molecular weight is 218 g/mol. The van der Waals surface area contributed by atoms with Crippen LogP contribution in [-0.4, -0.2) is 11.7 Å². The van der Waals surface area contributed by atoms with Crippen LogP contribution in [0.25, 0.3) is 0 Å². The maximum absolute atomic E-state index is 13.6. The van der Waals surface area contributed by atoms with Gasteiger partial charge in [0.05, 0.1) is 0 Å². The van der Waals surface area contributed by atoms with Crippen molar-refractivity contribution < 1.29 is 9.50 Å². The van der Waals surface area contributed by atoms with Gasteiger partial charge in [-0.15, -0.1) is 0 Å². The zero-order chi connectivity index (χ0) is 10.7. The van der Waals surface area contributed by atoms with Crippen molar-refractivity contribution in [2.75, 3.05) is 6.61 Å². The maximum atomic E-state index is 13.6. The van der Waals surface area contributed by atoms with E-state index in [-0.39, 0.29) is 12.4 Å². The molecule has 0 aromatic heterocycles. The van der Waals surface area contributed by atoms with E-state index in [1.807, 2.05) is 0 Å². The van der Waals surface area contributed by atoms with Crippen molar-refractivity contribution in [3.8, 4) is 0 Å². The number of aryl methyl sites for hydroxylation is 1. The fourth-order valence-electron chi connectivity index (χ4n) is 1.30. The van der Waals surface area contributed by atoms with Gasteiger partial charge in [-0.25, -0.2) is 4.39 Å². The molecular formula is C10H13ClFNO. The third kappa shape index (κ3) is 2.23. The molecule has 1 aromatic rings. The van der Waals surface area contributed by atoms with E-state index in [0.717, 1.165) is 0 Å². The van der Waals surface area contributed by atoms with E-state index < -0.39 is 6.04 Å². The lowest BCUT2D eigenvalue weighted by molar-refractivity contribution is 0.275. The fraction of sp³-hybridized carbons (Fsp3) is 0.400. The SMILES string of the molecule is Cc1ccc(Cl)c(C(N)CCO)c1F. The quantitative estimate of drug-likeness (QED) is 0.815. The zero-order valence-electron chi connectivity index (χ0n) is 7.93. The number of nitrogens with two attached hydrogens (primary N) is 1. The number of aliphatic hydroxyl groups excluding tert-OH is 1. The summed E-state index contributed by atoms with van der Waals surface area (Å²) < 4.78 is 13.6. The average Bonchev–Trinajstić information content (AvgIpc) is 2.13. The van der Waals surface area contributed by atoms with E-state index in [2.05, 4.69) is 0 Å². The number of hydrogen-bond donors (Lipinski definition) is 2. The monoisotopic (exact) mass is 217 g/mol. The summed E-state index contributed by atoms with van der Waals surface area (Å²) in [6.07, 6.45) is 0.306. The third-order valence-electron chi connectivity index (χ3n) is 2.13. The third-order valence-corrected chi connectivity index (χ3v) is 2.46. The molecule has 0 aliphatic carbocycles. The minimum atomic E-state index is -0.549. The molecule has 78 valence electrons. The summed E-state index contributed by atoms with van der Waals surface area (Å²) in [4.78, 5) is 0. The Morgan fingerprint density at radius 2 is 2.21 bits per heavy atom. The fourth-order valence-corrected chi connectivity index (χ4v) is 1.59. The van der Waals surface area contributed by atoms with Gasteiger partial charge in [0.15, 0.2) is 0 Å². The highest BCUT2D eigenvalue weighted by Crippen LogP contribution is 2.28. The van der Waals surface area contributed by atoms with E-state index in [4.69, 9.17) is 22.4 Å². The Balaban J connectivity index is 3.11. The van der Waals surface area contributed by atoms with Crippen molar-refractivity contribution in [1.82, 2.24) is 0 Å². The summed E-state index contributed by atoms with van der Waals surface area (Å²) in [5, 5.41) is 9.02. The van der Waals surface area contributed by atoms with Gasteiger partial charge in [0.1, 0.15) is 5.82 Å². The first kappa shape index (κ1) is 11.4. The highest BCUT2D eigenvalue weighted by molar-refractivity contribution is 6.31. The van der Waals surface area contributed by atoms with Gasteiger partial charge in [0.25, 0.3) is 0 Å². The van der Waals surface area contributed by atoms with Gasteiger partial charge in [0, 0.05) is 23.2 Å². The largest absolute Gasteiger partial charge is 0.396 e. The van der Waals surface area contributed by atoms with Gasteiger partial charge < -0.3 is 10.8 Å². The molecule has 3 N–H and O–H groups in total. The van der Waals surface area contributed by atoms with Crippen LogP contribution in [0.1, 0.15) is 23.6 Å². The topological polar surface area (TPSA) is 46.2 Å². The molecule has 0 aliphatic rings. The molecule has 1 atom stereocenters. The van der Waals surface area contributed by atoms with Crippen molar-refractivity contribution >= 4 is 11.6 Å². The molecule has 0 radical (unpaired) electrons. The summed E-state index contributed by atoms with van der Waals surface area (Å²) in [7, 11) is 0. The summed E-state index contributed by atoms with van der Waals surface area (Å²) in [5.41, 5.74) is 6.50. The number of rotatable bonds is 3. The van der Waals surface area contributed by atoms with Crippen LogP contribution >= 0.6 is 11.6 Å². The maximum Gasteiger partial charge on any atom is 0.132 e. The standard InChI is InChI=1S/C10H13ClFNO/c1-6-2-3-7(11)9(10(6)12)8(13)4-5-14/h2-3,8,14H,4-5,13H2,1H3. The Kier molecular flexibility index (Phi) is 3.86. The molecule has 4 heteroatoms. The molecule has 2 nitrogen and oxygen atoms in total. The molecule has 1 aromatic carbocycles. The van der Waals surface area contributed by atoms with Gasteiger partial charge >= 0.3 is 0 Å². The van der Waals surface area contributed by atoms with E-state index in [9.17, 15) is 4.39 Å². The van der Waals surface area contributed by atoms with Crippen LogP contribution in [-0.2, 0) is 0 Å². The lowest BCUT2D eigenvalue weighted by atomic mass is 10.0. The highest BCUT2D eigenvalue weighted by atomic mass is 35.5. The molecule has 1 rings (SSSR count). The number of benzene rings is 1. The van der Waals surface area contributed by atoms with Crippen molar-refractivity contribution in [3.63, 3.8) is 0 Å². The Morgan fingerprint density at radius 1 is 1.57 bits per heavy atom. The zero-order valence-corrected chi connectivity index (χ0v) is 8.68. The molecule has 0 amide bonds. The van der Waals surface area contributed by atoms with Gasteiger partial charge in [-0.2, -0.15) is 0 Å². The lowest BCUT2D eigenvalue weighted by Crippen LogP contribution is -2.15. The normalized spacial score (nSPS) is 12.9. The van der Waals surface area contributed by atoms with E-state index in [0.29, 0.717) is 22.6 Å². The summed E-state index contributed by atoms with van der Waals surface area (Å²) in [6, 6.07) is 2.67. The molecule has 0 spiro atoms. The minimum Gasteiger partial charge on any atom is -0.396 e. The number of aliphatic hydroxyl groups is 1. The van der Waals surface area contributed by atoms with E-state index >= 15 is 0 Å². The second kappa shape index (κ2) is 4.73. The number of hydrogen-bond acceptors (Lipinski definition) is 2. The number of halogens is 2. The molecule has 0 heterocycles.